The van der Waals surface area contributed by atoms with Crippen LogP contribution in [0.5, 0.6) is 0 Å². The van der Waals surface area contributed by atoms with Gasteiger partial charge in [-0.25, -0.2) is 4.98 Å². The summed E-state index contributed by atoms with van der Waals surface area (Å²) in [5, 5.41) is 4.20. The first kappa shape index (κ1) is 19.5. The van der Waals surface area contributed by atoms with Crippen molar-refractivity contribution in [2.45, 2.75) is 46.2 Å². The normalized spacial score (nSPS) is 20.2. The Kier molecular flexibility index (Phi) is 6.48. The minimum absolute atomic E-state index is 0.0656. The second-order valence-electron chi connectivity index (χ2n) is 7.29. The van der Waals surface area contributed by atoms with Crippen LogP contribution in [0.15, 0.2) is 27.5 Å². The lowest BCUT2D eigenvalue weighted by Gasteiger charge is -2.32. The van der Waals surface area contributed by atoms with Gasteiger partial charge in [0.25, 0.3) is 5.56 Å². The maximum Gasteiger partial charge on any atom is 0.261 e. The predicted molar refractivity (Wildman–Crippen MR) is 111 cm³/mol. The molecule has 0 aliphatic carbocycles. The average Bonchev–Trinajstić information content (AvgIpc) is 2.84. The summed E-state index contributed by atoms with van der Waals surface area (Å²) in [6, 6.07) is 5.97. The molecule has 6 heteroatoms. The molecule has 2 aromatic rings. The summed E-state index contributed by atoms with van der Waals surface area (Å²) in [4.78, 5) is 20.6. The maximum atomic E-state index is 13.1. The molecule has 1 saturated heterocycles. The number of hydrogen-bond donors (Lipinski definition) is 1. The van der Waals surface area contributed by atoms with Gasteiger partial charge in [-0.15, -0.1) is 0 Å². The van der Waals surface area contributed by atoms with E-state index in [0.29, 0.717) is 17.8 Å². The van der Waals surface area contributed by atoms with E-state index in [4.69, 9.17) is 4.98 Å². The van der Waals surface area contributed by atoms with Gasteiger partial charge in [0.2, 0.25) is 0 Å². The van der Waals surface area contributed by atoms with E-state index in [1.54, 1.807) is 0 Å². The maximum absolute atomic E-state index is 13.1. The molecule has 3 rings (SSSR count). The zero-order valence-electron chi connectivity index (χ0n) is 16.0. The third-order valence-electron chi connectivity index (χ3n) is 5.18. The molecule has 2 heterocycles. The Morgan fingerprint density at radius 2 is 2.19 bits per heavy atom. The van der Waals surface area contributed by atoms with Gasteiger partial charge in [-0.2, -0.15) is 0 Å². The Balaban J connectivity index is 2.12. The van der Waals surface area contributed by atoms with Crippen molar-refractivity contribution < 1.29 is 0 Å². The molecule has 2 atom stereocenters. The Morgan fingerprint density at radius 3 is 2.92 bits per heavy atom. The van der Waals surface area contributed by atoms with Gasteiger partial charge in [0.05, 0.1) is 16.9 Å². The second kappa shape index (κ2) is 8.63. The molecule has 1 N–H and O–H groups in total. The van der Waals surface area contributed by atoms with Gasteiger partial charge in [-0.05, 0) is 44.0 Å². The minimum Gasteiger partial charge on any atom is -0.315 e. The van der Waals surface area contributed by atoms with E-state index in [-0.39, 0.29) is 11.6 Å². The summed E-state index contributed by atoms with van der Waals surface area (Å²) in [5.74, 6) is 1.51. The molecule has 1 aliphatic rings. The summed E-state index contributed by atoms with van der Waals surface area (Å²) in [6.45, 7) is 11.2. The van der Waals surface area contributed by atoms with Crippen molar-refractivity contribution in [3.63, 3.8) is 0 Å². The van der Waals surface area contributed by atoms with Crippen molar-refractivity contribution in [1.82, 2.24) is 19.8 Å². The van der Waals surface area contributed by atoms with Crippen LogP contribution in [0, 0.1) is 5.92 Å². The van der Waals surface area contributed by atoms with Crippen LogP contribution in [0.1, 0.15) is 45.5 Å². The Hall–Kier alpha value is -1.24. The fraction of sp³-hybridized carbons (Fsp3) is 0.600. The summed E-state index contributed by atoms with van der Waals surface area (Å²) < 4.78 is 2.79. The molecule has 0 bridgehead atoms. The first-order valence-electron chi connectivity index (χ1n) is 9.69. The van der Waals surface area contributed by atoms with Gasteiger partial charge >= 0.3 is 0 Å². The van der Waals surface area contributed by atoms with E-state index in [1.165, 1.54) is 0 Å². The van der Waals surface area contributed by atoms with Crippen LogP contribution in [-0.4, -0.2) is 40.6 Å². The quantitative estimate of drug-likeness (QED) is 0.802. The third-order valence-corrected chi connectivity index (χ3v) is 5.67. The number of fused-ring (bicyclic) bond motifs is 1. The molecular weight excluding hydrogens is 392 g/mol. The number of aromatic nitrogens is 2. The van der Waals surface area contributed by atoms with Gasteiger partial charge in [0.15, 0.2) is 0 Å². The largest absolute Gasteiger partial charge is 0.315 e. The smallest absolute Gasteiger partial charge is 0.261 e. The van der Waals surface area contributed by atoms with Gasteiger partial charge in [0, 0.05) is 30.7 Å². The molecule has 0 saturated carbocycles. The zero-order valence-corrected chi connectivity index (χ0v) is 17.6. The molecule has 1 aromatic carbocycles. The van der Waals surface area contributed by atoms with Crippen LogP contribution >= 0.6 is 15.9 Å². The average molecular weight is 421 g/mol. The highest BCUT2D eigenvalue weighted by Gasteiger charge is 2.27. The highest BCUT2D eigenvalue weighted by Crippen LogP contribution is 2.27. The zero-order chi connectivity index (χ0) is 18.7. The van der Waals surface area contributed by atoms with Crippen LogP contribution < -0.4 is 10.9 Å². The van der Waals surface area contributed by atoms with Crippen LogP contribution in [0.4, 0.5) is 0 Å². The standard InChI is InChI=1S/C20H29BrN4O/c1-4-6-18(24-10-9-22-12-14(3)13-24)19-23-17-8-7-15(21)11-16(17)20(26)25(19)5-2/h7-8,11,14,18,22H,4-6,9-10,12-13H2,1-3H3/t14-,18-/m0/s1. The lowest BCUT2D eigenvalue weighted by atomic mass is 10.1. The second-order valence-corrected chi connectivity index (χ2v) is 8.21. The molecule has 1 aliphatic heterocycles. The van der Waals surface area contributed by atoms with Crippen molar-refractivity contribution >= 4 is 26.8 Å². The van der Waals surface area contributed by atoms with E-state index in [0.717, 1.165) is 54.8 Å². The van der Waals surface area contributed by atoms with Crippen LogP contribution in [-0.2, 0) is 6.54 Å². The van der Waals surface area contributed by atoms with Crippen molar-refractivity contribution in [2.24, 2.45) is 5.92 Å². The van der Waals surface area contributed by atoms with Gasteiger partial charge < -0.3 is 5.32 Å². The molecular formula is C20H29BrN4O. The fourth-order valence-corrected chi connectivity index (χ4v) is 4.29. The molecule has 0 unspecified atom stereocenters. The molecule has 1 fully saturated rings. The molecule has 0 radical (unpaired) electrons. The van der Waals surface area contributed by atoms with E-state index >= 15 is 0 Å². The summed E-state index contributed by atoms with van der Waals surface area (Å²) >= 11 is 3.47. The number of halogens is 1. The minimum atomic E-state index is 0.0656. The highest BCUT2D eigenvalue weighted by molar-refractivity contribution is 9.10. The number of nitrogens with one attached hydrogen (secondary N) is 1. The summed E-state index contributed by atoms with van der Waals surface area (Å²) in [7, 11) is 0. The first-order valence-corrected chi connectivity index (χ1v) is 10.5. The predicted octanol–water partition coefficient (Wildman–Crippen LogP) is 3.56. The molecule has 142 valence electrons. The Labute approximate surface area is 163 Å². The van der Waals surface area contributed by atoms with E-state index in [9.17, 15) is 4.79 Å². The van der Waals surface area contributed by atoms with Gasteiger partial charge in [-0.3, -0.25) is 14.3 Å². The van der Waals surface area contributed by atoms with Crippen molar-refractivity contribution in [3.05, 3.63) is 38.9 Å². The number of benzene rings is 1. The topological polar surface area (TPSA) is 50.2 Å². The number of hydrogen-bond acceptors (Lipinski definition) is 4. The molecule has 0 spiro atoms. The number of rotatable bonds is 5. The molecule has 5 nitrogen and oxygen atoms in total. The highest BCUT2D eigenvalue weighted by atomic mass is 79.9. The van der Waals surface area contributed by atoms with E-state index in [1.807, 2.05) is 29.7 Å². The SMILES string of the molecule is CCC[C@@H](c1nc2ccc(Br)cc2c(=O)n1CC)N1CCNC[C@H](C)C1. The first-order chi connectivity index (χ1) is 12.5. The van der Waals surface area contributed by atoms with Crippen molar-refractivity contribution in [2.75, 3.05) is 26.2 Å². The van der Waals surface area contributed by atoms with Crippen LogP contribution in [0.3, 0.4) is 0 Å². The summed E-state index contributed by atoms with van der Waals surface area (Å²) in [6.07, 6.45) is 2.09. The van der Waals surface area contributed by atoms with Crippen LogP contribution in [0.2, 0.25) is 0 Å². The van der Waals surface area contributed by atoms with Gasteiger partial charge in [-0.1, -0.05) is 36.2 Å². The summed E-state index contributed by atoms with van der Waals surface area (Å²) in [5.41, 5.74) is 0.857. The molecule has 1 aromatic heterocycles. The Bertz CT molecular complexity index is 819. The fourth-order valence-electron chi connectivity index (χ4n) is 3.93. The van der Waals surface area contributed by atoms with E-state index in [2.05, 4.69) is 40.0 Å². The van der Waals surface area contributed by atoms with Crippen LogP contribution in [0.25, 0.3) is 10.9 Å². The molecule has 0 amide bonds. The third kappa shape index (κ3) is 4.02. The Morgan fingerprint density at radius 1 is 1.38 bits per heavy atom. The monoisotopic (exact) mass is 420 g/mol. The van der Waals surface area contributed by atoms with E-state index < -0.39 is 0 Å². The van der Waals surface area contributed by atoms with Crippen molar-refractivity contribution in [1.29, 1.82) is 0 Å². The lowest BCUT2D eigenvalue weighted by molar-refractivity contribution is 0.169. The lowest BCUT2D eigenvalue weighted by Crippen LogP contribution is -2.38. The van der Waals surface area contributed by atoms with Crippen molar-refractivity contribution in [3.8, 4) is 0 Å². The number of nitrogens with zero attached hydrogens (tertiary/aromatic N) is 3. The van der Waals surface area contributed by atoms with Gasteiger partial charge in [0.1, 0.15) is 5.82 Å². The molecule has 26 heavy (non-hydrogen) atoms.